The van der Waals surface area contributed by atoms with Crippen LogP contribution in [0.3, 0.4) is 0 Å². The van der Waals surface area contributed by atoms with E-state index in [0.29, 0.717) is 5.56 Å². The van der Waals surface area contributed by atoms with Crippen LogP contribution in [0.15, 0.2) is 58.1 Å². The first kappa shape index (κ1) is 11.8. The lowest BCUT2D eigenvalue weighted by molar-refractivity contribution is 0.627. The molecule has 0 saturated carbocycles. The Bertz CT molecular complexity index is 526. The molecule has 2 aromatic rings. The summed E-state index contributed by atoms with van der Waals surface area (Å²) < 4.78 is 13.8. The van der Waals surface area contributed by atoms with Crippen molar-refractivity contribution in [2.45, 2.75) is 0 Å². The van der Waals surface area contributed by atoms with Crippen molar-refractivity contribution in [3.8, 4) is 0 Å². The van der Waals surface area contributed by atoms with Crippen LogP contribution in [0.4, 0.5) is 10.1 Å². The largest absolute Gasteiger partial charge is 0.279 e. The maximum atomic E-state index is 13.0. The summed E-state index contributed by atoms with van der Waals surface area (Å²) >= 11 is 3.33. The van der Waals surface area contributed by atoms with E-state index in [-0.39, 0.29) is 5.82 Å². The Balaban J connectivity index is 2.08. The Morgan fingerprint density at radius 1 is 1.12 bits per heavy atom. The number of halogens is 2. The van der Waals surface area contributed by atoms with E-state index in [1.165, 1.54) is 12.1 Å². The van der Waals surface area contributed by atoms with E-state index >= 15 is 0 Å². The molecule has 0 spiro atoms. The van der Waals surface area contributed by atoms with Gasteiger partial charge < -0.3 is 0 Å². The minimum absolute atomic E-state index is 0.283. The first-order valence-electron chi connectivity index (χ1n) is 5.05. The summed E-state index contributed by atoms with van der Waals surface area (Å²) in [5, 5.41) is 4.04. The van der Waals surface area contributed by atoms with E-state index in [4.69, 9.17) is 0 Å². The quantitative estimate of drug-likeness (QED) is 0.670. The van der Waals surface area contributed by atoms with Gasteiger partial charge in [-0.25, -0.2) is 4.39 Å². The van der Waals surface area contributed by atoms with Crippen LogP contribution in [0.5, 0.6) is 0 Å². The third kappa shape index (κ3) is 3.39. The standard InChI is InChI=1S/C13H10BrFN2/c14-13-7-6-11(15)8-10(13)9-16-17-12-4-2-1-3-5-12/h1-9,17H/b16-9+. The molecular formula is C13H10BrFN2. The molecule has 0 radical (unpaired) electrons. The molecule has 0 atom stereocenters. The second-order valence-corrected chi connectivity index (χ2v) is 4.26. The molecule has 0 saturated heterocycles. The van der Waals surface area contributed by atoms with Gasteiger partial charge >= 0.3 is 0 Å². The maximum absolute atomic E-state index is 13.0. The molecule has 0 aliphatic heterocycles. The lowest BCUT2D eigenvalue weighted by atomic mass is 10.2. The molecule has 2 rings (SSSR count). The number of hydrazone groups is 1. The van der Waals surface area contributed by atoms with Gasteiger partial charge in [0.05, 0.1) is 11.9 Å². The number of hydrogen-bond donors (Lipinski definition) is 1. The zero-order valence-corrected chi connectivity index (χ0v) is 10.5. The van der Waals surface area contributed by atoms with Crippen LogP contribution in [0.25, 0.3) is 0 Å². The van der Waals surface area contributed by atoms with Crippen LogP contribution in [-0.2, 0) is 0 Å². The highest BCUT2D eigenvalue weighted by Crippen LogP contribution is 2.16. The Morgan fingerprint density at radius 3 is 2.65 bits per heavy atom. The lowest BCUT2D eigenvalue weighted by Gasteiger charge is -2.00. The SMILES string of the molecule is Fc1ccc(Br)c(/C=N/Nc2ccccc2)c1. The van der Waals surface area contributed by atoms with Crippen molar-refractivity contribution in [1.29, 1.82) is 0 Å². The smallest absolute Gasteiger partial charge is 0.123 e. The highest BCUT2D eigenvalue weighted by atomic mass is 79.9. The minimum Gasteiger partial charge on any atom is -0.279 e. The molecule has 0 aromatic heterocycles. The van der Waals surface area contributed by atoms with Gasteiger partial charge in [0.2, 0.25) is 0 Å². The van der Waals surface area contributed by atoms with E-state index < -0.39 is 0 Å². The summed E-state index contributed by atoms with van der Waals surface area (Å²) in [5.74, 6) is -0.283. The van der Waals surface area contributed by atoms with Crippen LogP contribution in [0.1, 0.15) is 5.56 Å². The molecular weight excluding hydrogens is 283 g/mol. The molecule has 86 valence electrons. The summed E-state index contributed by atoms with van der Waals surface area (Å²) in [5.41, 5.74) is 4.44. The van der Waals surface area contributed by atoms with Gasteiger partial charge in [0.15, 0.2) is 0 Å². The summed E-state index contributed by atoms with van der Waals surface area (Å²) in [4.78, 5) is 0. The molecule has 1 N–H and O–H groups in total. The third-order valence-electron chi connectivity index (χ3n) is 2.13. The predicted octanol–water partition coefficient (Wildman–Crippen LogP) is 4.03. The van der Waals surface area contributed by atoms with Crippen molar-refractivity contribution < 1.29 is 4.39 Å². The van der Waals surface area contributed by atoms with Gasteiger partial charge in [-0.1, -0.05) is 34.1 Å². The average Bonchev–Trinajstić information content (AvgIpc) is 2.35. The van der Waals surface area contributed by atoms with E-state index in [0.717, 1.165) is 10.2 Å². The molecule has 0 bridgehead atoms. The highest BCUT2D eigenvalue weighted by molar-refractivity contribution is 9.10. The number of rotatable bonds is 3. The van der Waals surface area contributed by atoms with Gasteiger partial charge in [0, 0.05) is 10.0 Å². The molecule has 0 heterocycles. The number of para-hydroxylation sites is 1. The zero-order valence-electron chi connectivity index (χ0n) is 8.90. The average molecular weight is 293 g/mol. The van der Waals surface area contributed by atoms with E-state index in [1.807, 2.05) is 30.3 Å². The molecule has 0 aliphatic carbocycles. The third-order valence-corrected chi connectivity index (χ3v) is 2.85. The summed E-state index contributed by atoms with van der Waals surface area (Å²) in [6.45, 7) is 0. The van der Waals surface area contributed by atoms with Crippen molar-refractivity contribution in [1.82, 2.24) is 0 Å². The van der Waals surface area contributed by atoms with Crippen LogP contribution >= 0.6 is 15.9 Å². The van der Waals surface area contributed by atoms with E-state index in [2.05, 4.69) is 26.5 Å². The van der Waals surface area contributed by atoms with Gasteiger partial charge in [-0.3, -0.25) is 5.43 Å². The molecule has 2 nitrogen and oxygen atoms in total. The molecule has 0 fully saturated rings. The van der Waals surface area contributed by atoms with Crippen LogP contribution in [0.2, 0.25) is 0 Å². The van der Waals surface area contributed by atoms with Gasteiger partial charge in [-0.05, 0) is 30.3 Å². The number of nitrogens with zero attached hydrogens (tertiary/aromatic N) is 1. The molecule has 0 amide bonds. The van der Waals surface area contributed by atoms with Crippen molar-refractivity contribution >= 4 is 27.8 Å². The molecule has 4 heteroatoms. The molecule has 2 aromatic carbocycles. The Labute approximate surface area is 107 Å². The lowest BCUT2D eigenvalue weighted by Crippen LogP contribution is -1.91. The van der Waals surface area contributed by atoms with Crippen molar-refractivity contribution in [2.75, 3.05) is 5.43 Å². The summed E-state index contributed by atoms with van der Waals surface area (Å²) in [6.07, 6.45) is 1.57. The first-order chi connectivity index (χ1) is 8.25. The van der Waals surface area contributed by atoms with Crippen molar-refractivity contribution in [3.05, 3.63) is 64.4 Å². The first-order valence-corrected chi connectivity index (χ1v) is 5.84. The molecule has 17 heavy (non-hydrogen) atoms. The number of nitrogens with one attached hydrogen (secondary N) is 1. The second-order valence-electron chi connectivity index (χ2n) is 3.40. The zero-order chi connectivity index (χ0) is 12.1. The second kappa shape index (κ2) is 5.59. The van der Waals surface area contributed by atoms with Crippen LogP contribution in [-0.4, -0.2) is 6.21 Å². The Hall–Kier alpha value is -1.68. The number of hydrogen-bond acceptors (Lipinski definition) is 2. The van der Waals surface area contributed by atoms with E-state index in [1.54, 1.807) is 12.3 Å². The van der Waals surface area contributed by atoms with Crippen molar-refractivity contribution in [3.63, 3.8) is 0 Å². The van der Waals surface area contributed by atoms with Crippen LogP contribution in [0, 0.1) is 5.82 Å². The van der Waals surface area contributed by atoms with Crippen LogP contribution < -0.4 is 5.43 Å². The minimum atomic E-state index is -0.283. The monoisotopic (exact) mass is 292 g/mol. The normalized spacial score (nSPS) is 10.7. The van der Waals surface area contributed by atoms with Gasteiger partial charge in [-0.15, -0.1) is 0 Å². The van der Waals surface area contributed by atoms with Crippen molar-refractivity contribution in [2.24, 2.45) is 5.10 Å². The molecule has 0 aliphatic rings. The summed E-state index contributed by atoms with van der Waals surface area (Å²) in [6, 6.07) is 14.0. The van der Waals surface area contributed by atoms with E-state index in [9.17, 15) is 4.39 Å². The fourth-order valence-corrected chi connectivity index (χ4v) is 1.65. The topological polar surface area (TPSA) is 24.4 Å². The maximum Gasteiger partial charge on any atom is 0.123 e. The summed E-state index contributed by atoms with van der Waals surface area (Å²) in [7, 11) is 0. The number of anilines is 1. The fraction of sp³-hybridized carbons (Fsp3) is 0. The van der Waals surface area contributed by atoms with Gasteiger partial charge in [-0.2, -0.15) is 5.10 Å². The molecule has 0 unspecified atom stereocenters. The fourth-order valence-electron chi connectivity index (χ4n) is 1.30. The Morgan fingerprint density at radius 2 is 1.88 bits per heavy atom. The highest BCUT2D eigenvalue weighted by Gasteiger charge is 1.98. The Kier molecular flexibility index (Phi) is 3.88. The number of benzene rings is 2. The predicted molar refractivity (Wildman–Crippen MR) is 71.8 cm³/mol. The van der Waals surface area contributed by atoms with Gasteiger partial charge in [0.25, 0.3) is 0 Å². The van der Waals surface area contributed by atoms with Gasteiger partial charge in [0.1, 0.15) is 5.82 Å².